The predicted octanol–water partition coefficient (Wildman–Crippen LogP) is 3.54. The van der Waals surface area contributed by atoms with Crippen molar-refractivity contribution in [2.75, 3.05) is 12.0 Å². The number of nitrogens with one attached hydrogen (secondary N) is 1. The Hall–Kier alpha value is -0.530. The molecule has 0 aliphatic rings. The summed E-state index contributed by atoms with van der Waals surface area (Å²) < 4.78 is 27.5. The molecule has 2 unspecified atom stereocenters. The molecule has 1 aromatic carbocycles. The molecule has 0 spiro atoms. The van der Waals surface area contributed by atoms with Gasteiger partial charge in [-0.2, -0.15) is 0 Å². The maximum absolute atomic E-state index is 13.4. The number of benzene rings is 1. The van der Waals surface area contributed by atoms with Crippen molar-refractivity contribution in [2.45, 2.75) is 13.0 Å². The van der Waals surface area contributed by atoms with E-state index in [1.807, 2.05) is 11.5 Å². The average molecular weight is 351 g/mol. The Labute approximate surface area is 120 Å². The molecule has 7 heteroatoms. The molecular weight excluding hydrogens is 339 g/mol. The minimum Gasteiger partial charge on any atom is -0.330 e. The van der Waals surface area contributed by atoms with Crippen LogP contribution in [-0.4, -0.2) is 25.8 Å². The molecule has 0 saturated heterocycles. The summed E-state index contributed by atoms with van der Waals surface area (Å²) in [5.41, 5.74) is 1.46. The van der Waals surface area contributed by atoms with Crippen LogP contribution >= 0.6 is 28.1 Å². The van der Waals surface area contributed by atoms with Crippen molar-refractivity contribution in [3.63, 3.8) is 0 Å². The fraction of sp³-hybridized carbons (Fsp3) is 0.364. The highest BCUT2D eigenvalue weighted by Crippen LogP contribution is 2.25. The number of imidazole rings is 1. The molecule has 1 N–H and O–H groups in total. The Bertz CT molecular complexity index is 679. The maximum atomic E-state index is 13.4. The van der Waals surface area contributed by atoms with E-state index in [1.165, 1.54) is 6.07 Å². The van der Waals surface area contributed by atoms with Gasteiger partial charge in [0.25, 0.3) is 0 Å². The highest BCUT2D eigenvalue weighted by atomic mass is 79.9. The SMILES string of the molecule is CC(CS(C)=O)n1c(=S)[nH]c2cc(F)c(Br)cc21. The normalized spacial score (nSPS) is 14.9. The van der Waals surface area contributed by atoms with Gasteiger partial charge in [0.05, 0.1) is 15.5 Å². The van der Waals surface area contributed by atoms with Crippen molar-refractivity contribution >= 4 is 50.0 Å². The molecule has 1 aromatic heterocycles. The minimum absolute atomic E-state index is 0.00514. The Kier molecular flexibility index (Phi) is 4.03. The Balaban J connectivity index is 2.63. The highest BCUT2D eigenvalue weighted by molar-refractivity contribution is 9.10. The largest absolute Gasteiger partial charge is 0.330 e. The fourth-order valence-corrected chi connectivity index (χ4v) is 3.52. The van der Waals surface area contributed by atoms with Crippen LogP contribution in [0.1, 0.15) is 13.0 Å². The van der Waals surface area contributed by atoms with Gasteiger partial charge in [0.2, 0.25) is 0 Å². The zero-order valence-electron chi connectivity index (χ0n) is 9.87. The number of nitrogens with zero attached hydrogens (tertiary/aromatic N) is 1. The van der Waals surface area contributed by atoms with E-state index in [4.69, 9.17) is 12.2 Å². The van der Waals surface area contributed by atoms with E-state index in [0.29, 0.717) is 20.5 Å². The first-order chi connectivity index (χ1) is 8.40. The lowest BCUT2D eigenvalue weighted by atomic mass is 10.3. The molecule has 18 heavy (non-hydrogen) atoms. The molecule has 0 saturated carbocycles. The van der Waals surface area contributed by atoms with Crippen LogP contribution in [-0.2, 0) is 10.8 Å². The summed E-state index contributed by atoms with van der Waals surface area (Å²) in [5, 5.41) is 0. The summed E-state index contributed by atoms with van der Waals surface area (Å²) in [7, 11) is -0.908. The summed E-state index contributed by atoms with van der Waals surface area (Å²) in [5.74, 6) is 0.175. The molecule has 0 radical (unpaired) electrons. The van der Waals surface area contributed by atoms with Crippen LogP contribution in [0.25, 0.3) is 11.0 Å². The van der Waals surface area contributed by atoms with Gasteiger partial charge in [-0.25, -0.2) is 4.39 Å². The van der Waals surface area contributed by atoms with E-state index < -0.39 is 10.8 Å². The Morgan fingerprint density at radius 3 is 2.89 bits per heavy atom. The van der Waals surface area contributed by atoms with E-state index in [1.54, 1.807) is 12.3 Å². The third-order valence-electron chi connectivity index (χ3n) is 2.68. The van der Waals surface area contributed by atoms with Crippen LogP contribution < -0.4 is 0 Å². The van der Waals surface area contributed by atoms with E-state index >= 15 is 0 Å². The van der Waals surface area contributed by atoms with E-state index in [9.17, 15) is 8.60 Å². The number of aromatic amines is 1. The first kappa shape index (κ1) is 13.9. The number of H-pyrrole nitrogens is 1. The van der Waals surface area contributed by atoms with Crippen molar-refractivity contribution < 1.29 is 8.60 Å². The van der Waals surface area contributed by atoms with Gasteiger partial charge in [-0.15, -0.1) is 0 Å². The van der Waals surface area contributed by atoms with Crippen molar-refractivity contribution in [3.8, 4) is 0 Å². The van der Waals surface area contributed by atoms with Gasteiger partial charge < -0.3 is 9.55 Å². The standard InChI is InChI=1S/C11H12BrFN2OS2/c1-6(5-18(2)16)15-10-3-7(12)8(13)4-9(10)14-11(15)17/h3-4,6H,5H2,1-2H3,(H,14,17). The van der Waals surface area contributed by atoms with Gasteiger partial charge >= 0.3 is 0 Å². The minimum atomic E-state index is -0.908. The molecule has 2 rings (SSSR count). The summed E-state index contributed by atoms with van der Waals surface area (Å²) in [6, 6.07) is 3.09. The van der Waals surface area contributed by atoms with E-state index in [2.05, 4.69) is 20.9 Å². The van der Waals surface area contributed by atoms with Gasteiger partial charge in [0.1, 0.15) is 5.82 Å². The fourth-order valence-electron chi connectivity index (χ4n) is 1.97. The van der Waals surface area contributed by atoms with Crippen molar-refractivity contribution in [1.82, 2.24) is 9.55 Å². The van der Waals surface area contributed by atoms with E-state index in [-0.39, 0.29) is 11.9 Å². The van der Waals surface area contributed by atoms with Crippen molar-refractivity contribution in [1.29, 1.82) is 0 Å². The maximum Gasteiger partial charge on any atom is 0.178 e. The molecule has 0 amide bonds. The van der Waals surface area contributed by atoms with Crippen LogP contribution in [0.15, 0.2) is 16.6 Å². The molecule has 3 nitrogen and oxygen atoms in total. The monoisotopic (exact) mass is 350 g/mol. The molecule has 0 aliphatic carbocycles. The van der Waals surface area contributed by atoms with Gasteiger partial charge in [-0.1, -0.05) is 0 Å². The topological polar surface area (TPSA) is 37.8 Å². The first-order valence-corrected chi connectivity index (χ1v) is 8.22. The highest BCUT2D eigenvalue weighted by Gasteiger charge is 2.14. The second kappa shape index (κ2) is 5.22. The Morgan fingerprint density at radius 1 is 1.61 bits per heavy atom. The summed E-state index contributed by atoms with van der Waals surface area (Å²) in [6.07, 6.45) is 1.66. The van der Waals surface area contributed by atoms with Crippen LogP contribution in [0.2, 0.25) is 0 Å². The zero-order valence-corrected chi connectivity index (χ0v) is 13.1. The number of hydrogen-bond acceptors (Lipinski definition) is 2. The molecule has 1 heterocycles. The number of fused-ring (bicyclic) bond motifs is 1. The van der Waals surface area contributed by atoms with Gasteiger partial charge in [-0.3, -0.25) is 4.21 Å². The third kappa shape index (κ3) is 2.57. The van der Waals surface area contributed by atoms with Crippen LogP contribution in [0.5, 0.6) is 0 Å². The number of rotatable bonds is 3. The smallest absolute Gasteiger partial charge is 0.178 e. The summed E-state index contributed by atoms with van der Waals surface area (Å²) in [6.45, 7) is 1.95. The molecule has 0 fully saturated rings. The lowest BCUT2D eigenvalue weighted by molar-refractivity contribution is 0.603. The summed E-state index contributed by atoms with van der Waals surface area (Å²) >= 11 is 8.40. The molecule has 98 valence electrons. The predicted molar refractivity (Wildman–Crippen MR) is 78.4 cm³/mol. The van der Waals surface area contributed by atoms with Gasteiger partial charge in [0.15, 0.2) is 4.77 Å². The Morgan fingerprint density at radius 2 is 2.28 bits per heavy atom. The number of halogens is 2. The second-order valence-corrected chi connectivity index (χ2v) is 6.89. The first-order valence-electron chi connectivity index (χ1n) is 5.29. The molecule has 0 bridgehead atoms. The lowest BCUT2D eigenvalue weighted by Gasteiger charge is -2.13. The average Bonchev–Trinajstić information content (AvgIpc) is 2.53. The molecular formula is C11H12BrFN2OS2. The molecule has 0 aliphatic heterocycles. The van der Waals surface area contributed by atoms with Crippen molar-refractivity contribution in [3.05, 3.63) is 27.2 Å². The number of aromatic nitrogens is 2. The molecule has 2 atom stereocenters. The van der Waals surface area contributed by atoms with Crippen molar-refractivity contribution in [2.24, 2.45) is 0 Å². The van der Waals surface area contributed by atoms with Gasteiger partial charge in [-0.05, 0) is 41.1 Å². The van der Waals surface area contributed by atoms with Crippen LogP contribution in [0.4, 0.5) is 4.39 Å². The quantitative estimate of drug-likeness (QED) is 0.859. The lowest BCUT2D eigenvalue weighted by Crippen LogP contribution is -2.12. The number of hydrogen-bond donors (Lipinski definition) is 1. The second-order valence-electron chi connectivity index (χ2n) is 4.17. The molecule has 2 aromatic rings. The van der Waals surface area contributed by atoms with Crippen LogP contribution in [0.3, 0.4) is 0 Å². The third-order valence-corrected chi connectivity index (χ3v) is 4.53. The van der Waals surface area contributed by atoms with E-state index in [0.717, 1.165) is 5.52 Å². The summed E-state index contributed by atoms with van der Waals surface area (Å²) in [4.78, 5) is 2.97. The van der Waals surface area contributed by atoms with Gasteiger partial charge in [0, 0.05) is 34.9 Å². The zero-order chi connectivity index (χ0) is 13.4. The van der Waals surface area contributed by atoms with Crippen LogP contribution in [0, 0.1) is 10.6 Å².